The van der Waals surface area contributed by atoms with Gasteiger partial charge in [0, 0.05) is 24.0 Å². The molecular formula is C22H32N2O4. The van der Waals surface area contributed by atoms with Crippen LogP contribution in [-0.2, 0) is 20.7 Å². The Balaban J connectivity index is 2.17. The molecule has 0 saturated heterocycles. The molecule has 0 saturated carbocycles. The predicted octanol–water partition coefficient (Wildman–Crippen LogP) is 3.32. The monoisotopic (exact) mass is 388 g/mol. The molecule has 1 aromatic carbocycles. The van der Waals surface area contributed by atoms with Crippen molar-refractivity contribution in [2.24, 2.45) is 0 Å². The summed E-state index contributed by atoms with van der Waals surface area (Å²) in [5, 5.41) is 0.946. The van der Waals surface area contributed by atoms with Gasteiger partial charge in [-0.05, 0) is 59.8 Å². The van der Waals surface area contributed by atoms with E-state index in [0.29, 0.717) is 13.1 Å². The maximum absolute atomic E-state index is 13.0. The van der Waals surface area contributed by atoms with Crippen LogP contribution in [0.5, 0.6) is 0 Å². The van der Waals surface area contributed by atoms with Gasteiger partial charge in [0.1, 0.15) is 17.7 Å². The maximum atomic E-state index is 13.0. The van der Waals surface area contributed by atoms with E-state index in [-0.39, 0.29) is 18.9 Å². The molecule has 0 spiro atoms. The topological polar surface area (TPSA) is 63.0 Å². The summed E-state index contributed by atoms with van der Waals surface area (Å²) in [6, 6.07) is 4.02. The summed E-state index contributed by atoms with van der Waals surface area (Å²) in [6.45, 7) is 10.6. The molecule has 2 rings (SSSR count). The average molecular weight is 389 g/mol. The van der Waals surface area contributed by atoms with Gasteiger partial charge in [-0.25, -0.2) is 0 Å². The van der Waals surface area contributed by atoms with Gasteiger partial charge < -0.3 is 19.0 Å². The molecule has 0 aliphatic heterocycles. The lowest BCUT2D eigenvalue weighted by molar-refractivity contribution is -0.158. The van der Waals surface area contributed by atoms with Crippen molar-refractivity contribution in [2.75, 3.05) is 33.7 Å². The van der Waals surface area contributed by atoms with E-state index in [2.05, 4.69) is 0 Å². The van der Waals surface area contributed by atoms with Crippen molar-refractivity contribution < 1.29 is 18.7 Å². The number of carbonyl (C=O) groups is 2. The van der Waals surface area contributed by atoms with Crippen LogP contribution in [0.25, 0.3) is 11.0 Å². The summed E-state index contributed by atoms with van der Waals surface area (Å²) < 4.78 is 11.1. The van der Waals surface area contributed by atoms with Crippen LogP contribution in [-0.4, -0.2) is 61.0 Å². The summed E-state index contributed by atoms with van der Waals surface area (Å²) in [5.41, 5.74) is 3.30. The number of amides is 1. The van der Waals surface area contributed by atoms with E-state index in [9.17, 15) is 9.59 Å². The largest absolute Gasteiger partial charge is 0.464 e. The van der Waals surface area contributed by atoms with E-state index >= 15 is 0 Å². The molecule has 2 aromatic rings. The lowest BCUT2D eigenvalue weighted by atomic mass is 10.0. The first-order valence-electron chi connectivity index (χ1n) is 9.58. The first-order valence-corrected chi connectivity index (χ1v) is 9.58. The summed E-state index contributed by atoms with van der Waals surface area (Å²) in [7, 11) is 3.87. The highest BCUT2D eigenvalue weighted by atomic mass is 16.6. The Bertz CT molecular complexity index is 846. The number of hydrogen-bond donors (Lipinski definition) is 0. The van der Waals surface area contributed by atoms with Gasteiger partial charge >= 0.3 is 5.97 Å². The van der Waals surface area contributed by atoms with Crippen molar-refractivity contribution in [1.29, 1.82) is 0 Å². The van der Waals surface area contributed by atoms with Crippen molar-refractivity contribution in [2.45, 2.75) is 46.6 Å². The molecule has 0 aliphatic carbocycles. The fourth-order valence-corrected chi connectivity index (χ4v) is 2.94. The number of aryl methyl sites for hydroxylation is 2. The molecule has 6 nitrogen and oxygen atoms in total. The van der Waals surface area contributed by atoms with E-state index in [4.69, 9.17) is 9.15 Å². The molecule has 6 heteroatoms. The number of benzene rings is 1. The van der Waals surface area contributed by atoms with E-state index in [1.165, 1.54) is 0 Å². The number of ether oxygens (including phenoxy) is 1. The van der Waals surface area contributed by atoms with Gasteiger partial charge in [-0.1, -0.05) is 12.1 Å². The van der Waals surface area contributed by atoms with Crippen LogP contribution in [0.1, 0.15) is 37.5 Å². The highest BCUT2D eigenvalue weighted by Gasteiger charge is 2.23. The fourth-order valence-electron chi connectivity index (χ4n) is 2.94. The van der Waals surface area contributed by atoms with Gasteiger partial charge in [0.05, 0.1) is 12.7 Å². The van der Waals surface area contributed by atoms with Crippen molar-refractivity contribution >= 4 is 22.8 Å². The van der Waals surface area contributed by atoms with Gasteiger partial charge in [0.2, 0.25) is 5.91 Å². The van der Waals surface area contributed by atoms with E-state index in [1.807, 2.05) is 65.7 Å². The minimum Gasteiger partial charge on any atom is -0.464 e. The third-order valence-electron chi connectivity index (χ3n) is 4.59. The number of hydrogen-bond acceptors (Lipinski definition) is 5. The molecule has 0 N–H and O–H groups in total. The second-order valence-corrected chi connectivity index (χ2v) is 8.53. The maximum Gasteiger partial charge on any atom is 0.326 e. The van der Waals surface area contributed by atoms with E-state index < -0.39 is 11.6 Å². The normalized spacial score (nSPS) is 11.9. The summed E-state index contributed by atoms with van der Waals surface area (Å²) in [6.07, 6.45) is 1.83. The molecule has 1 aromatic heterocycles. The highest BCUT2D eigenvalue weighted by Crippen LogP contribution is 2.27. The first kappa shape index (κ1) is 22.0. The third kappa shape index (κ3) is 5.83. The van der Waals surface area contributed by atoms with Gasteiger partial charge in [-0.15, -0.1) is 0 Å². The lowest BCUT2D eigenvalue weighted by Gasteiger charge is -2.26. The second kappa shape index (κ2) is 8.78. The molecule has 154 valence electrons. The molecule has 1 heterocycles. The number of nitrogens with zero attached hydrogens (tertiary/aromatic N) is 2. The number of rotatable bonds is 7. The number of carbonyl (C=O) groups excluding carboxylic acids is 2. The summed E-state index contributed by atoms with van der Waals surface area (Å²) in [4.78, 5) is 28.8. The minimum atomic E-state index is -0.580. The summed E-state index contributed by atoms with van der Waals surface area (Å²) >= 11 is 0. The van der Waals surface area contributed by atoms with Crippen LogP contribution < -0.4 is 0 Å². The molecule has 0 radical (unpaired) electrons. The molecule has 0 aliphatic rings. The van der Waals surface area contributed by atoms with Crippen molar-refractivity contribution in [3.05, 3.63) is 35.1 Å². The van der Waals surface area contributed by atoms with Crippen molar-refractivity contribution in [1.82, 2.24) is 9.80 Å². The summed E-state index contributed by atoms with van der Waals surface area (Å²) in [5.74, 6) is -0.517. The zero-order valence-corrected chi connectivity index (χ0v) is 18.1. The molecule has 0 bridgehead atoms. The zero-order valence-electron chi connectivity index (χ0n) is 18.1. The number of furan rings is 1. The molecule has 0 fully saturated rings. The Labute approximate surface area is 167 Å². The molecule has 1 amide bonds. The Morgan fingerprint density at radius 1 is 1.11 bits per heavy atom. The average Bonchev–Trinajstić information content (AvgIpc) is 2.96. The standard InChI is InChI=1S/C22H32N2O4/c1-15-8-9-18-17(14-27-21(18)16(15)2)12-19(25)24(11-10-23(6)7)13-20(26)28-22(3,4)5/h8-9,14H,10-13H2,1-7H3. The van der Waals surface area contributed by atoms with Crippen LogP contribution in [0.15, 0.2) is 22.8 Å². The molecule has 0 unspecified atom stereocenters. The zero-order chi connectivity index (χ0) is 21.1. The molecule has 28 heavy (non-hydrogen) atoms. The Kier molecular flexibility index (Phi) is 6.88. The van der Waals surface area contributed by atoms with Crippen molar-refractivity contribution in [3.8, 4) is 0 Å². The van der Waals surface area contributed by atoms with Crippen LogP contribution in [0.2, 0.25) is 0 Å². The highest BCUT2D eigenvalue weighted by molar-refractivity contribution is 5.90. The van der Waals surface area contributed by atoms with Gasteiger partial charge in [-0.3, -0.25) is 9.59 Å². The van der Waals surface area contributed by atoms with Gasteiger partial charge in [0.15, 0.2) is 0 Å². The lowest BCUT2D eigenvalue weighted by Crippen LogP contribution is -2.42. The number of fused-ring (bicyclic) bond motifs is 1. The van der Waals surface area contributed by atoms with Gasteiger partial charge in [0.25, 0.3) is 0 Å². The Morgan fingerprint density at radius 2 is 1.79 bits per heavy atom. The number of esters is 1. The van der Waals surface area contributed by atoms with Crippen LogP contribution in [0.3, 0.4) is 0 Å². The quantitative estimate of drug-likeness (QED) is 0.681. The first-order chi connectivity index (χ1) is 13.0. The Hall–Kier alpha value is -2.34. The van der Waals surface area contributed by atoms with E-state index in [1.54, 1.807) is 11.2 Å². The predicted molar refractivity (Wildman–Crippen MR) is 110 cm³/mol. The van der Waals surface area contributed by atoms with Crippen LogP contribution in [0, 0.1) is 13.8 Å². The molecule has 0 atom stereocenters. The van der Waals surface area contributed by atoms with Crippen LogP contribution in [0.4, 0.5) is 0 Å². The Morgan fingerprint density at radius 3 is 2.39 bits per heavy atom. The second-order valence-electron chi connectivity index (χ2n) is 8.53. The minimum absolute atomic E-state index is 0.0577. The third-order valence-corrected chi connectivity index (χ3v) is 4.59. The smallest absolute Gasteiger partial charge is 0.326 e. The van der Waals surface area contributed by atoms with Crippen LogP contribution >= 0.6 is 0 Å². The number of likely N-dealkylation sites (N-methyl/N-ethyl adjacent to an activating group) is 1. The van der Waals surface area contributed by atoms with Gasteiger partial charge in [-0.2, -0.15) is 0 Å². The van der Waals surface area contributed by atoms with Crippen molar-refractivity contribution in [3.63, 3.8) is 0 Å². The SMILES string of the molecule is Cc1ccc2c(CC(=O)N(CCN(C)C)CC(=O)OC(C)(C)C)coc2c1C. The fraction of sp³-hybridized carbons (Fsp3) is 0.545. The van der Waals surface area contributed by atoms with E-state index in [0.717, 1.165) is 27.7 Å². The molecular weight excluding hydrogens is 356 g/mol.